The van der Waals surface area contributed by atoms with E-state index in [2.05, 4.69) is 15.3 Å². The van der Waals surface area contributed by atoms with Crippen LogP contribution in [0.25, 0.3) is 10.2 Å². The molecule has 6 heteroatoms. The normalized spacial score (nSPS) is 20.4. The Bertz CT molecular complexity index is 694. The number of thiophene rings is 1. The van der Waals surface area contributed by atoms with Crippen molar-refractivity contribution in [1.29, 1.82) is 0 Å². The molecule has 2 aromatic rings. The number of ether oxygens (including phenoxy) is 2. The SMILES string of the molecule is COC1(CNc2ncnc3sc4c(c23)CCCC4)CCOCC1. The van der Waals surface area contributed by atoms with Crippen molar-refractivity contribution in [3.63, 3.8) is 0 Å². The van der Waals surface area contributed by atoms with Crippen molar-refractivity contribution in [3.8, 4) is 0 Å². The third kappa shape index (κ3) is 2.84. The van der Waals surface area contributed by atoms with Crippen molar-refractivity contribution in [2.75, 3.05) is 32.2 Å². The molecule has 124 valence electrons. The van der Waals surface area contributed by atoms with Gasteiger partial charge in [-0.3, -0.25) is 0 Å². The summed E-state index contributed by atoms with van der Waals surface area (Å²) in [6.07, 6.45) is 8.43. The van der Waals surface area contributed by atoms with Crippen LogP contribution in [0.4, 0.5) is 5.82 Å². The molecule has 3 heterocycles. The smallest absolute Gasteiger partial charge is 0.138 e. The Balaban J connectivity index is 1.62. The van der Waals surface area contributed by atoms with Gasteiger partial charge >= 0.3 is 0 Å². The second kappa shape index (κ2) is 6.34. The molecule has 2 aliphatic rings. The molecule has 1 aliphatic carbocycles. The molecule has 1 fully saturated rings. The van der Waals surface area contributed by atoms with Crippen LogP contribution < -0.4 is 5.32 Å². The second-order valence-electron chi connectivity index (χ2n) is 6.47. The van der Waals surface area contributed by atoms with Crippen LogP contribution in [0.3, 0.4) is 0 Å². The molecule has 0 radical (unpaired) electrons. The van der Waals surface area contributed by atoms with Gasteiger partial charge in [0.1, 0.15) is 17.0 Å². The quantitative estimate of drug-likeness (QED) is 0.931. The summed E-state index contributed by atoms with van der Waals surface area (Å²) in [6, 6.07) is 0. The predicted molar refractivity (Wildman–Crippen MR) is 92.3 cm³/mol. The first-order chi connectivity index (χ1) is 11.3. The van der Waals surface area contributed by atoms with Crippen LogP contribution in [-0.4, -0.2) is 42.4 Å². The van der Waals surface area contributed by atoms with Gasteiger partial charge in [0.05, 0.1) is 11.0 Å². The van der Waals surface area contributed by atoms with Crippen molar-refractivity contribution in [2.45, 2.75) is 44.1 Å². The molecule has 1 aliphatic heterocycles. The molecule has 1 saturated heterocycles. The van der Waals surface area contributed by atoms with Gasteiger partial charge in [0.2, 0.25) is 0 Å². The van der Waals surface area contributed by atoms with Crippen LogP contribution in [0.2, 0.25) is 0 Å². The topological polar surface area (TPSA) is 56.3 Å². The fourth-order valence-corrected chi connectivity index (χ4v) is 4.89. The van der Waals surface area contributed by atoms with Gasteiger partial charge in [0.25, 0.3) is 0 Å². The lowest BCUT2D eigenvalue weighted by molar-refractivity contribution is -0.0807. The Morgan fingerprint density at radius 2 is 2.09 bits per heavy atom. The fraction of sp³-hybridized carbons (Fsp3) is 0.647. The monoisotopic (exact) mass is 333 g/mol. The van der Waals surface area contributed by atoms with Crippen LogP contribution in [-0.2, 0) is 22.3 Å². The van der Waals surface area contributed by atoms with Crippen LogP contribution >= 0.6 is 11.3 Å². The van der Waals surface area contributed by atoms with E-state index in [-0.39, 0.29) is 5.60 Å². The largest absolute Gasteiger partial charge is 0.381 e. The first kappa shape index (κ1) is 15.3. The van der Waals surface area contributed by atoms with E-state index < -0.39 is 0 Å². The third-order valence-corrected chi connectivity index (χ3v) is 6.37. The summed E-state index contributed by atoms with van der Waals surface area (Å²) in [4.78, 5) is 11.7. The average Bonchev–Trinajstić information content (AvgIpc) is 3.00. The number of hydrogen-bond acceptors (Lipinski definition) is 6. The highest BCUT2D eigenvalue weighted by Gasteiger charge is 2.32. The Kier molecular flexibility index (Phi) is 4.22. The van der Waals surface area contributed by atoms with E-state index in [1.807, 2.05) is 11.3 Å². The summed E-state index contributed by atoms with van der Waals surface area (Å²) < 4.78 is 11.3. The summed E-state index contributed by atoms with van der Waals surface area (Å²) >= 11 is 1.84. The third-order valence-electron chi connectivity index (χ3n) is 5.17. The van der Waals surface area contributed by atoms with E-state index in [4.69, 9.17) is 9.47 Å². The van der Waals surface area contributed by atoms with Gasteiger partial charge in [-0.15, -0.1) is 11.3 Å². The molecule has 23 heavy (non-hydrogen) atoms. The lowest BCUT2D eigenvalue weighted by atomic mass is 9.93. The van der Waals surface area contributed by atoms with Crippen LogP contribution in [0.1, 0.15) is 36.1 Å². The van der Waals surface area contributed by atoms with Crippen LogP contribution in [0.5, 0.6) is 0 Å². The fourth-order valence-electron chi connectivity index (χ4n) is 3.67. The number of fused-ring (bicyclic) bond motifs is 3. The Morgan fingerprint density at radius 3 is 2.91 bits per heavy atom. The first-order valence-electron chi connectivity index (χ1n) is 8.43. The van der Waals surface area contributed by atoms with Crippen molar-refractivity contribution >= 4 is 27.4 Å². The molecule has 0 aromatic carbocycles. The first-order valence-corrected chi connectivity index (χ1v) is 9.25. The molecule has 0 amide bonds. The number of methoxy groups -OCH3 is 1. The molecule has 4 rings (SSSR count). The number of nitrogens with one attached hydrogen (secondary N) is 1. The zero-order valence-electron chi connectivity index (χ0n) is 13.6. The molecule has 5 nitrogen and oxygen atoms in total. The van der Waals surface area contributed by atoms with E-state index >= 15 is 0 Å². The predicted octanol–water partition coefficient (Wildman–Crippen LogP) is 3.18. The van der Waals surface area contributed by atoms with Gasteiger partial charge in [-0.05, 0) is 31.2 Å². The van der Waals surface area contributed by atoms with E-state index in [1.54, 1.807) is 13.4 Å². The lowest BCUT2D eigenvalue weighted by Gasteiger charge is -2.36. The minimum atomic E-state index is -0.147. The molecule has 0 unspecified atom stereocenters. The number of hydrogen-bond donors (Lipinski definition) is 1. The highest BCUT2D eigenvalue weighted by atomic mass is 32.1. The van der Waals surface area contributed by atoms with Crippen molar-refractivity contribution in [2.24, 2.45) is 0 Å². The van der Waals surface area contributed by atoms with E-state index in [9.17, 15) is 0 Å². The minimum absolute atomic E-state index is 0.147. The van der Waals surface area contributed by atoms with Crippen LogP contribution in [0, 0.1) is 0 Å². The molecule has 1 N–H and O–H groups in total. The maximum atomic E-state index is 5.82. The number of aryl methyl sites for hydroxylation is 2. The Labute approximate surface area is 140 Å². The maximum Gasteiger partial charge on any atom is 0.138 e. The zero-order chi connectivity index (χ0) is 15.7. The Hall–Kier alpha value is -1.24. The maximum absolute atomic E-state index is 5.82. The van der Waals surface area contributed by atoms with Gasteiger partial charge in [-0.1, -0.05) is 0 Å². The number of rotatable bonds is 4. The lowest BCUT2D eigenvalue weighted by Crippen LogP contribution is -2.44. The van der Waals surface area contributed by atoms with Crippen molar-refractivity contribution in [1.82, 2.24) is 9.97 Å². The van der Waals surface area contributed by atoms with Gasteiger partial charge in [0.15, 0.2) is 0 Å². The molecule has 0 bridgehead atoms. The van der Waals surface area contributed by atoms with Crippen molar-refractivity contribution < 1.29 is 9.47 Å². The summed E-state index contributed by atoms with van der Waals surface area (Å²) in [6.45, 7) is 2.30. The highest BCUT2D eigenvalue weighted by Crippen LogP contribution is 2.38. The molecule has 0 atom stereocenters. The van der Waals surface area contributed by atoms with Crippen molar-refractivity contribution in [3.05, 3.63) is 16.8 Å². The Morgan fingerprint density at radius 1 is 1.26 bits per heavy atom. The second-order valence-corrected chi connectivity index (χ2v) is 7.55. The van der Waals surface area contributed by atoms with Gasteiger partial charge < -0.3 is 14.8 Å². The summed E-state index contributed by atoms with van der Waals surface area (Å²) in [5, 5.41) is 4.80. The molecule has 0 saturated carbocycles. The standard InChI is InChI=1S/C17H23N3O2S/c1-21-17(6-8-22-9-7-17)10-18-15-14-12-4-2-3-5-13(12)23-16(14)20-11-19-15/h11H,2-10H2,1H3,(H,18,19,20). The van der Waals surface area contributed by atoms with E-state index in [0.29, 0.717) is 0 Å². The van der Waals surface area contributed by atoms with Gasteiger partial charge in [-0.25, -0.2) is 9.97 Å². The molecular weight excluding hydrogens is 310 g/mol. The van der Waals surface area contributed by atoms with Gasteiger partial charge in [-0.2, -0.15) is 0 Å². The average molecular weight is 333 g/mol. The number of anilines is 1. The minimum Gasteiger partial charge on any atom is -0.381 e. The van der Waals surface area contributed by atoms with E-state index in [1.165, 1.54) is 35.1 Å². The summed E-state index contributed by atoms with van der Waals surface area (Å²) in [5.41, 5.74) is 1.32. The number of aromatic nitrogens is 2. The number of nitrogens with zero attached hydrogens (tertiary/aromatic N) is 2. The summed E-state index contributed by atoms with van der Waals surface area (Å²) in [5.74, 6) is 0.970. The molecule has 0 spiro atoms. The van der Waals surface area contributed by atoms with Gasteiger partial charge in [0, 0.05) is 44.6 Å². The summed E-state index contributed by atoms with van der Waals surface area (Å²) in [7, 11) is 1.80. The highest BCUT2D eigenvalue weighted by molar-refractivity contribution is 7.19. The zero-order valence-corrected chi connectivity index (χ0v) is 14.4. The van der Waals surface area contributed by atoms with E-state index in [0.717, 1.165) is 49.7 Å². The molecule has 2 aromatic heterocycles. The van der Waals surface area contributed by atoms with Crippen LogP contribution in [0.15, 0.2) is 6.33 Å². The molecular formula is C17H23N3O2S.